The summed E-state index contributed by atoms with van der Waals surface area (Å²) < 4.78 is 11.1. The Hall–Kier alpha value is -3.64. The van der Waals surface area contributed by atoms with E-state index in [-0.39, 0.29) is 18.5 Å². The third kappa shape index (κ3) is 5.29. The smallest absolute Gasteiger partial charge is 0.257 e. The summed E-state index contributed by atoms with van der Waals surface area (Å²) in [6.07, 6.45) is 0.598. The van der Waals surface area contributed by atoms with Gasteiger partial charge in [0.25, 0.3) is 5.91 Å². The van der Waals surface area contributed by atoms with Crippen molar-refractivity contribution in [1.29, 1.82) is 0 Å². The first-order valence-electron chi connectivity index (χ1n) is 11.4. The molecule has 1 heterocycles. The van der Waals surface area contributed by atoms with Crippen LogP contribution in [0.15, 0.2) is 77.9 Å². The van der Waals surface area contributed by atoms with Crippen LogP contribution in [0.2, 0.25) is 0 Å². The number of likely N-dealkylation sites (N-methyl/N-ethyl adjacent to an activating group) is 1. The fraction of sp³-hybridized carbons (Fsp3) is 0.286. The van der Waals surface area contributed by atoms with Gasteiger partial charge in [-0.1, -0.05) is 60.2 Å². The highest BCUT2D eigenvalue weighted by molar-refractivity contribution is 6.03. The van der Waals surface area contributed by atoms with Gasteiger partial charge in [-0.25, -0.2) is 5.01 Å². The van der Waals surface area contributed by atoms with E-state index in [1.54, 1.807) is 19.2 Å². The Morgan fingerprint density at radius 1 is 1.03 bits per heavy atom. The summed E-state index contributed by atoms with van der Waals surface area (Å²) >= 11 is 0. The maximum Gasteiger partial charge on any atom is 0.257 e. The maximum atomic E-state index is 13.5. The highest BCUT2D eigenvalue weighted by atomic mass is 16.5. The molecule has 0 radical (unpaired) electrons. The molecular weight excluding hydrogens is 426 g/mol. The minimum absolute atomic E-state index is 0.0598. The van der Waals surface area contributed by atoms with Gasteiger partial charge in [0, 0.05) is 18.5 Å². The highest BCUT2D eigenvalue weighted by Gasteiger charge is 2.35. The van der Waals surface area contributed by atoms with Gasteiger partial charge in [-0.05, 0) is 43.3 Å². The molecule has 0 saturated carbocycles. The van der Waals surface area contributed by atoms with Crippen molar-refractivity contribution in [2.75, 3.05) is 27.8 Å². The number of carbonyl (C=O) groups excluding carboxylic acids is 1. The Morgan fingerprint density at radius 3 is 2.44 bits per heavy atom. The van der Waals surface area contributed by atoms with Crippen LogP contribution in [-0.4, -0.2) is 49.3 Å². The van der Waals surface area contributed by atoms with Crippen molar-refractivity contribution in [1.82, 2.24) is 9.91 Å². The number of hydrazone groups is 1. The molecule has 0 N–H and O–H groups in total. The lowest BCUT2D eigenvalue weighted by atomic mass is 9.97. The van der Waals surface area contributed by atoms with Gasteiger partial charge in [0.1, 0.15) is 11.5 Å². The Kier molecular flexibility index (Phi) is 7.28. The lowest BCUT2D eigenvalue weighted by Crippen LogP contribution is -2.36. The van der Waals surface area contributed by atoms with E-state index in [1.165, 1.54) is 5.56 Å². The largest absolute Gasteiger partial charge is 0.497 e. The second-order valence-corrected chi connectivity index (χ2v) is 8.64. The van der Waals surface area contributed by atoms with Crippen molar-refractivity contribution in [3.05, 3.63) is 95.1 Å². The average molecular weight is 458 g/mol. The lowest BCUT2D eigenvalue weighted by molar-refractivity contribution is -0.134. The van der Waals surface area contributed by atoms with E-state index < -0.39 is 0 Å². The van der Waals surface area contributed by atoms with Gasteiger partial charge in [-0.15, -0.1) is 0 Å². The molecular formula is C28H31N3O3. The van der Waals surface area contributed by atoms with Crippen molar-refractivity contribution in [3.63, 3.8) is 0 Å². The van der Waals surface area contributed by atoms with Gasteiger partial charge in [0.05, 0.1) is 32.5 Å². The summed E-state index contributed by atoms with van der Waals surface area (Å²) in [5.41, 5.74) is 5.13. The van der Waals surface area contributed by atoms with Crippen molar-refractivity contribution < 1.29 is 14.3 Å². The summed E-state index contributed by atoms with van der Waals surface area (Å²) in [5.74, 6) is 1.37. The fourth-order valence-corrected chi connectivity index (χ4v) is 4.26. The van der Waals surface area contributed by atoms with Crippen LogP contribution in [0, 0.1) is 6.92 Å². The first kappa shape index (κ1) is 23.5. The molecule has 1 amide bonds. The molecule has 1 aliphatic rings. The van der Waals surface area contributed by atoms with E-state index in [0.29, 0.717) is 24.5 Å². The monoisotopic (exact) mass is 457 g/mol. The summed E-state index contributed by atoms with van der Waals surface area (Å²) in [5, 5.41) is 6.43. The Balaban J connectivity index is 1.63. The fourth-order valence-electron chi connectivity index (χ4n) is 4.26. The normalized spacial score (nSPS) is 15.4. The number of hydrogen-bond donors (Lipinski definition) is 0. The lowest BCUT2D eigenvalue weighted by Gasteiger charge is -2.26. The molecule has 0 aromatic heterocycles. The summed E-state index contributed by atoms with van der Waals surface area (Å²) in [7, 11) is 5.23. The number of hydrogen-bond acceptors (Lipinski definition) is 5. The predicted octanol–water partition coefficient (Wildman–Crippen LogP) is 4.82. The summed E-state index contributed by atoms with van der Waals surface area (Å²) in [4.78, 5) is 15.5. The van der Waals surface area contributed by atoms with Crippen LogP contribution in [0.1, 0.15) is 34.7 Å². The predicted molar refractivity (Wildman–Crippen MR) is 134 cm³/mol. The van der Waals surface area contributed by atoms with Crippen molar-refractivity contribution in [3.8, 4) is 11.5 Å². The molecule has 0 saturated heterocycles. The second-order valence-electron chi connectivity index (χ2n) is 8.64. The van der Waals surface area contributed by atoms with Crippen molar-refractivity contribution in [2.24, 2.45) is 5.10 Å². The number of methoxy groups -OCH3 is 2. The summed E-state index contributed by atoms with van der Waals surface area (Å²) in [6.45, 7) is 2.99. The molecule has 176 valence electrons. The van der Waals surface area contributed by atoms with Crippen LogP contribution >= 0.6 is 0 Å². The van der Waals surface area contributed by atoms with Crippen LogP contribution < -0.4 is 9.47 Å². The molecule has 0 bridgehead atoms. The van der Waals surface area contributed by atoms with E-state index in [9.17, 15) is 4.79 Å². The number of nitrogens with zero attached hydrogens (tertiary/aromatic N) is 3. The molecule has 4 rings (SSSR count). The zero-order valence-electron chi connectivity index (χ0n) is 20.2. The first-order valence-corrected chi connectivity index (χ1v) is 11.4. The van der Waals surface area contributed by atoms with E-state index in [1.807, 2.05) is 48.3 Å². The van der Waals surface area contributed by atoms with Gasteiger partial charge in [0.2, 0.25) is 0 Å². The van der Waals surface area contributed by atoms with Crippen LogP contribution in [0.25, 0.3) is 0 Å². The SMILES string of the molecule is COc1ccc(OC)c([C@H]2CC(c3ccc(C)cc3)=NN2C(=O)CN(C)Cc2ccccc2)c1. The van der Waals surface area contributed by atoms with Gasteiger partial charge in [-0.3, -0.25) is 9.69 Å². The van der Waals surface area contributed by atoms with Crippen LogP contribution in [-0.2, 0) is 11.3 Å². The molecule has 1 atom stereocenters. The molecule has 3 aromatic carbocycles. The number of rotatable bonds is 8. The zero-order chi connectivity index (χ0) is 24.1. The standard InChI is InChI=1S/C28H31N3O3/c1-20-10-12-22(13-11-20)25-17-26(24-16-23(33-3)14-15-27(24)34-4)31(29-25)28(32)19-30(2)18-21-8-6-5-7-9-21/h5-16,26H,17-19H2,1-4H3/t26-/m1/s1. The molecule has 0 unspecified atom stereocenters. The van der Waals surface area contributed by atoms with Gasteiger partial charge < -0.3 is 9.47 Å². The third-order valence-corrected chi connectivity index (χ3v) is 6.05. The highest BCUT2D eigenvalue weighted by Crippen LogP contribution is 2.39. The third-order valence-electron chi connectivity index (χ3n) is 6.05. The van der Waals surface area contributed by atoms with Crippen molar-refractivity contribution in [2.45, 2.75) is 25.9 Å². The molecule has 3 aromatic rings. The van der Waals surface area contributed by atoms with Gasteiger partial charge in [-0.2, -0.15) is 5.10 Å². The van der Waals surface area contributed by atoms with Gasteiger partial charge >= 0.3 is 0 Å². The molecule has 0 aliphatic carbocycles. The number of ether oxygens (including phenoxy) is 2. The average Bonchev–Trinajstić information content (AvgIpc) is 3.30. The minimum atomic E-state index is -0.279. The van der Waals surface area contributed by atoms with Crippen molar-refractivity contribution >= 4 is 11.6 Å². The number of benzene rings is 3. The van der Waals surface area contributed by atoms with Crippen LogP contribution in [0.5, 0.6) is 11.5 Å². The molecule has 6 heteroatoms. The quantitative estimate of drug-likeness (QED) is 0.487. The first-order chi connectivity index (χ1) is 16.5. The van der Waals surface area contributed by atoms with Gasteiger partial charge in [0.15, 0.2) is 0 Å². The molecule has 0 spiro atoms. The maximum absolute atomic E-state index is 13.5. The minimum Gasteiger partial charge on any atom is -0.497 e. The topological polar surface area (TPSA) is 54.4 Å². The van der Waals surface area contributed by atoms with E-state index in [0.717, 1.165) is 22.4 Å². The molecule has 34 heavy (non-hydrogen) atoms. The Labute approximate surface area is 201 Å². The van der Waals surface area contributed by atoms with E-state index in [4.69, 9.17) is 14.6 Å². The van der Waals surface area contributed by atoms with E-state index in [2.05, 4.69) is 43.3 Å². The molecule has 1 aliphatic heterocycles. The van der Waals surface area contributed by atoms with Crippen LogP contribution in [0.3, 0.4) is 0 Å². The number of carbonyl (C=O) groups is 1. The molecule has 0 fully saturated rings. The number of aryl methyl sites for hydroxylation is 1. The summed E-state index contributed by atoms with van der Waals surface area (Å²) in [6, 6.07) is 23.8. The second kappa shape index (κ2) is 10.5. The van der Waals surface area contributed by atoms with Crippen LogP contribution in [0.4, 0.5) is 0 Å². The van der Waals surface area contributed by atoms with E-state index >= 15 is 0 Å². The zero-order valence-corrected chi connectivity index (χ0v) is 20.2. The number of amides is 1. The Bertz CT molecular complexity index is 1160. The molecule has 6 nitrogen and oxygen atoms in total. The Morgan fingerprint density at radius 2 is 1.76 bits per heavy atom.